The standard InChI is InChI=1S/C15H12BrClFNO3/c1-21-14-6-13(19)12(17)5-10(14)15(20)22-7-8-2-3-9(18)4-11(8)16/h2-6H,7,19H2,1H3. The van der Waals surface area contributed by atoms with Crippen LogP contribution in [0.15, 0.2) is 34.8 Å². The summed E-state index contributed by atoms with van der Waals surface area (Å²) in [6, 6.07) is 6.95. The van der Waals surface area contributed by atoms with Gasteiger partial charge in [0, 0.05) is 16.1 Å². The quantitative estimate of drug-likeness (QED) is 0.630. The molecule has 2 aromatic carbocycles. The number of anilines is 1. The molecule has 0 aliphatic rings. The molecular formula is C15H12BrClFNO3. The lowest BCUT2D eigenvalue weighted by Crippen LogP contribution is -2.08. The Labute approximate surface area is 140 Å². The Bertz CT molecular complexity index is 724. The van der Waals surface area contributed by atoms with Gasteiger partial charge in [-0.25, -0.2) is 9.18 Å². The van der Waals surface area contributed by atoms with E-state index in [1.165, 1.54) is 37.4 Å². The van der Waals surface area contributed by atoms with Crippen molar-refractivity contribution in [3.05, 3.63) is 56.8 Å². The number of benzene rings is 2. The number of carbonyl (C=O) groups is 1. The van der Waals surface area contributed by atoms with Crippen LogP contribution in [0.5, 0.6) is 5.75 Å². The summed E-state index contributed by atoms with van der Waals surface area (Å²) in [6.45, 7) is -0.0230. The number of nitrogens with two attached hydrogens (primary N) is 1. The monoisotopic (exact) mass is 387 g/mol. The van der Waals surface area contributed by atoms with Gasteiger partial charge < -0.3 is 15.2 Å². The molecule has 0 saturated heterocycles. The van der Waals surface area contributed by atoms with E-state index < -0.39 is 5.97 Å². The second-order valence-corrected chi connectivity index (χ2v) is 5.65. The summed E-state index contributed by atoms with van der Waals surface area (Å²) in [5.41, 5.74) is 6.76. The van der Waals surface area contributed by atoms with Crippen LogP contribution < -0.4 is 10.5 Å². The summed E-state index contributed by atoms with van der Waals surface area (Å²) >= 11 is 9.12. The molecule has 116 valence electrons. The molecule has 2 aromatic rings. The van der Waals surface area contributed by atoms with E-state index in [1.54, 1.807) is 0 Å². The molecule has 0 radical (unpaired) electrons. The second-order valence-electron chi connectivity index (χ2n) is 4.39. The fourth-order valence-corrected chi connectivity index (χ4v) is 2.39. The molecule has 0 aliphatic carbocycles. The van der Waals surface area contributed by atoms with Crippen molar-refractivity contribution in [2.45, 2.75) is 6.61 Å². The maximum absolute atomic E-state index is 13.0. The highest BCUT2D eigenvalue weighted by Crippen LogP contribution is 2.29. The fourth-order valence-electron chi connectivity index (χ4n) is 1.76. The molecule has 0 saturated carbocycles. The summed E-state index contributed by atoms with van der Waals surface area (Å²) in [6.07, 6.45) is 0. The van der Waals surface area contributed by atoms with E-state index in [0.29, 0.717) is 15.7 Å². The van der Waals surface area contributed by atoms with Crippen molar-refractivity contribution in [1.29, 1.82) is 0 Å². The van der Waals surface area contributed by atoms with Crippen molar-refractivity contribution < 1.29 is 18.7 Å². The third-order valence-electron chi connectivity index (χ3n) is 2.91. The second kappa shape index (κ2) is 6.98. The average Bonchev–Trinajstić information content (AvgIpc) is 2.48. The lowest BCUT2D eigenvalue weighted by molar-refractivity contribution is 0.0468. The third kappa shape index (κ3) is 3.69. The van der Waals surface area contributed by atoms with E-state index in [1.807, 2.05) is 0 Å². The summed E-state index contributed by atoms with van der Waals surface area (Å²) in [4.78, 5) is 12.1. The summed E-state index contributed by atoms with van der Waals surface area (Å²) in [5, 5.41) is 0.232. The number of hydrogen-bond acceptors (Lipinski definition) is 4. The van der Waals surface area contributed by atoms with E-state index in [9.17, 15) is 9.18 Å². The van der Waals surface area contributed by atoms with Crippen LogP contribution >= 0.6 is 27.5 Å². The van der Waals surface area contributed by atoms with Crippen LogP contribution in [0, 0.1) is 5.82 Å². The molecule has 2 N–H and O–H groups in total. The van der Waals surface area contributed by atoms with Crippen LogP contribution in [0.1, 0.15) is 15.9 Å². The number of rotatable bonds is 4. The lowest BCUT2D eigenvalue weighted by Gasteiger charge is -2.11. The van der Waals surface area contributed by atoms with E-state index in [-0.39, 0.29) is 28.8 Å². The first-order valence-corrected chi connectivity index (χ1v) is 7.33. The third-order valence-corrected chi connectivity index (χ3v) is 3.98. The first-order chi connectivity index (χ1) is 10.4. The molecule has 0 aliphatic heterocycles. The number of ether oxygens (including phenoxy) is 2. The van der Waals surface area contributed by atoms with Gasteiger partial charge >= 0.3 is 5.97 Å². The van der Waals surface area contributed by atoms with Crippen molar-refractivity contribution >= 4 is 39.2 Å². The van der Waals surface area contributed by atoms with Gasteiger partial charge in [-0.2, -0.15) is 0 Å². The molecule has 7 heteroatoms. The van der Waals surface area contributed by atoms with E-state index in [4.69, 9.17) is 26.8 Å². The van der Waals surface area contributed by atoms with Crippen LogP contribution in [-0.4, -0.2) is 13.1 Å². The number of carbonyl (C=O) groups excluding carboxylic acids is 1. The minimum absolute atomic E-state index is 0.0230. The molecule has 0 atom stereocenters. The van der Waals surface area contributed by atoms with Crippen molar-refractivity contribution in [3.8, 4) is 5.75 Å². The highest BCUT2D eigenvalue weighted by atomic mass is 79.9. The summed E-state index contributed by atoms with van der Waals surface area (Å²) < 4.78 is 23.8. The Morgan fingerprint density at radius 1 is 1.36 bits per heavy atom. The summed E-state index contributed by atoms with van der Waals surface area (Å²) in [7, 11) is 1.41. The Morgan fingerprint density at radius 2 is 2.09 bits per heavy atom. The van der Waals surface area contributed by atoms with Crippen molar-refractivity contribution in [1.82, 2.24) is 0 Å². The minimum atomic E-state index is -0.616. The topological polar surface area (TPSA) is 61.5 Å². The highest BCUT2D eigenvalue weighted by molar-refractivity contribution is 9.10. The molecule has 4 nitrogen and oxygen atoms in total. The largest absolute Gasteiger partial charge is 0.496 e. The zero-order valence-electron chi connectivity index (χ0n) is 11.5. The van der Waals surface area contributed by atoms with Crippen LogP contribution in [0.4, 0.5) is 10.1 Å². The minimum Gasteiger partial charge on any atom is -0.496 e. The van der Waals surface area contributed by atoms with Gasteiger partial charge in [-0.15, -0.1) is 0 Å². The molecule has 0 amide bonds. The molecule has 22 heavy (non-hydrogen) atoms. The Kier molecular flexibility index (Phi) is 5.26. The molecule has 0 fully saturated rings. The normalized spacial score (nSPS) is 10.4. The predicted octanol–water partition coefficient (Wildman–Crippen LogP) is 4.19. The Hall–Kier alpha value is -1.79. The number of nitrogen functional groups attached to an aromatic ring is 1. The maximum atomic E-state index is 13.0. The van der Waals surface area contributed by atoms with Gasteiger partial charge in [0.1, 0.15) is 23.7 Å². The van der Waals surface area contributed by atoms with Crippen LogP contribution in [-0.2, 0) is 11.3 Å². The molecule has 0 unspecified atom stereocenters. The van der Waals surface area contributed by atoms with Gasteiger partial charge in [-0.1, -0.05) is 33.6 Å². The number of hydrogen-bond donors (Lipinski definition) is 1. The van der Waals surface area contributed by atoms with E-state index in [0.717, 1.165) is 0 Å². The molecule has 0 spiro atoms. The van der Waals surface area contributed by atoms with Gasteiger partial charge in [-0.3, -0.25) is 0 Å². The van der Waals surface area contributed by atoms with Crippen molar-refractivity contribution in [2.75, 3.05) is 12.8 Å². The smallest absolute Gasteiger partial charge is 0.342 e. The fraction of sp³-hybridized carbons (Fsp3) is 0.133. The van der Waals surface area contributed by atoms with Gasteiger partial charge in [0.05, 0.1) is 17.8 Å². The number of esters is 1. The van der Waals surface area contributed by atoms with Gasteiger partial charge in [0.25, 0.3) is 0 Å². The van der Waals surface area contributed by atoms with Crippen LogP contribution in [0.2, 0.25) is 5.02 Å². The van der Waals surface area contributed by atoms with Gasteiger partial charge in [0.15, 0.2) is 0 Å². The lowest BCUT2D eigenvalue weighted by atomic mass is 10.2. The molecule has 0 heterocycles. The van der Waals surface area contributed by atoms with Crippen LogP contribution in [0.3, 0.4) is 0 Å². The average molecular weight is 389 g/mol. The molecular weight excluding hydrogens is 377 g/mol. The van der Waals surface area contributed by atoms with Gasteiger partial charge in [0.2, 0.25) is 0 Å². The highest BCUT2D eigenvalue weighted by Gasteiger charge is 2.17. The van der Waals surface area contributed by atoms with Crippen LogP contribution in [0.25, 0.3) is 0 Å². The van der Waals surface area contributed by atoms with E-state index >= 15 is 0 Å². The Balaban J connectivity index is 2.17. The molecule has 2 rings (SSSR count). The zero-order chi connectivity index (χ0) is 16.3. The van der Waals surface area contributed by atoms with Gasteiger partial charge in [-0.05, 0) is 18.2 Å². The SMILES string of the molecule is COc1cc(N)c(Cl)cc1C(=O)OCc1ccc(F)cc1Br. The van der Waals surface area contributed by atoms with E-state index in [2.05, 4.69) is 15.9 Å². The molecule has 0 aromatic heterocycles. The first kappa shape index (κ1) is 16.6. The summed E-state index contributed by atoms with van der Waals surface area (Å²) in [5.74, 6) is -0.728. The number of methoxy groups -OCH3 is 1. The first-order valence-electron chi connectivity index (χ1n) is 6.16. The number of halogens is 3. The molecule has 0 bridgehead atoms. The Morgan fingerprint density at radius 3 is 2.73 bits per heavy atom. The predicted molar refractivity (Wildman–Crippen MR) is 85.6 cm³/mol. The zero-order valence-corrected chi connectivity index (χ0v) is 13.9. The maximum Gasteiger partial charge on any atom is 0.342 e. The van der Waals surface area contributed by atoms with Crippen molar-refractivity contribution in [2.24, 2.45) is 0 Å². The van der Waals surface area contributed by atoms with Crippen molar-refractivity contribution in [3.63, 3.8) is 0 Å².